The fourth-order valence-corrected chi connectivity index (χ4v) is 7.76. The summed E-state index contributed by atoms with van der Waals surface area (Å²) < 4.78 is 5.99. The minimum atomic E-state index is -1.28. The van der Waals surface area contributed by atoms with Gasteiger partial charge in [0.25, 0.3) is 0 Å². The lowest BCUT2D eigenvalue weighted by atomic mass is 9.46. The van der Waals surface area contributed by atoms with Crippen molar-refractivity contribution in [2.24, 2.45) is 16.2 Å². The second-order valence-corrected chi connectivity index (χ2v) is 11.8. The topological polar surface area (TPSA) is 9.23 Å². The van der Waals surface area contributed by atoms with Crippen molar-refractivity contribution in [1.29, 1.82) is 0 Å². The normalized spacial score (nSPS) is 28.5. The van der Waals surface area contributed by atoms with Crippen LogP contribution in [0.15, 0.2) is 42.0 Å². The second-order valence-electron chi connectivity index (χ2n) is 8.70. The van der Waals surface area contributed by atoms with E-state index in [0.29, 0.717) is 0 Å². The van der Waals surface area contributed by atoms with Crippen LogP contribution in [0.3, 0.4) is 0 Å². The van der Waals surface area contributed by atoms with Crippen LogP contribution in [0.4, 0.5) is 0 Å². The molecule has 0 bridgehead atoms. The molecule has 23 heavy (non-hydrogen) atoms. The number of allylic oxidation sites excluding steroid dienone is 2. The fourth-order valence-electron chi connectivity index (χ4n) is 4.12. The quantitative estimate of drug-likeness (QED) is 0.567. The predicted octanol–water partition coefficient (Wildman–Crippen LogP) is 4.78. The summed E-state index contributed by atoms with van der Waals surface area (Å²) >= 11 is 0. The molecule has 0 amide bonds. The predicted molar refractivity (Wildman–Crippen MR) is 102 cm³/mol. The summed E-state index contributed by atoms with van der Waals surface area (Å²) in [7, 11) is 2.15. The maximum atomic E-state index is 5.99. The van der Waals surface area contributed by atoms with Crippen molar-refractivity contribution in [2.45, 2.75) is 60.4 Å². The summed E-state index contributed by atoms with van der Waals surface area (Å²) in [6.07, 6.45) is 2.50. The molecular weight excluding hydrogens is 312 g/mol. The van der Waals surface area contributed by atoms with Gasteiger partial charge in [-0.25, -0.2) is 0 Å². The second kappa shape index (κ2) is 5.71. The van der Waals surface area contributed by atoms with Gasteiger partial charge < -0.3 is 4.12 Å². The van der Waals surface area contributed by atoms with Gasteiger partial charge in [-0.05, 0) is 28.4 Å². The molecule has 1 aromatic rings. The molecule has 1 aliphatic carbocycles. The highest BCUT2D eigenvalue weighted by Gasteiger charge is 2.62. The van der Waals surface area contributed by atoms with Gasteiger partial charge in [0.1, 0.15) is 0 Å². The van der Waals surface area contributed by atoms with Crippen molar-refractivity contribution in [3.63, 3.8) is 0 Å². The lowest BCUT2D eigenvalue weighted by Crippen LogP contribution is -2.60. The first-order valence-corrected chi connectivity index (χ1v) is 10.2. The maximum absolute atomic E-state index is 5.99. The number of benzene rings is 1. The third-order valence-electron chi connectivity index (χ3n) is 7.52. The first-order chi connectivity index (χ1) is 10.4. The van der Waals surface area contributed by atoms with Gasteiger partial charge in [-0.15, -0.1) is 0 Å². The molecule has 0 aliphatic heterocycles. The van der Waals surface area contributed by atoms with Crippen LogP contribution >= 0.6 is 0 Å². The van der Waals surface area contributed by atoms with Crippen LogP contribution < -0.4 is 5.19 Å². The van der Waals surface area contributed by atoms with E-state index < -0.39 is 9.04 Å². The molecule has 1 aromatic carbocycles. The average molecular weight is 343 g/mol. The molecule has 1 aliphatic rings. The van der Waals surface area contributed by atoms with E-state index in [0.717, 1.165) is 0 Å². The Hall–Kier alpha value is -0.646. The van der Waals surface area contributed by atoms with Crippen LogP contribution in [0.2, 0.25) is 5.04 Å². The minimum Gasteiger partial charge on any atom is -0.453 e. The standard InChI is InChI=1S/C20H30OSi2/c1-15-14-20(8,19(6,7)18(4,5)17(15,2)3)23(21-22)16-12-10-9-11-13-16/h9-14H,1-8H3. The third-order valence-corrected chi connectivity index (χ3v) is 10.9. The third kappa shape index (κ3) is 2.43. The van der Waals surface area contributed by atoms with E-state index in [2.05, 4.69) is 102 Å². The van der Waals surface area contributed by atoms with Crippen LogP contribution in [0, 0.1) is 16.2 Å². The molecule has 1 atom stereocenters. The summed E-state index contributed by atoms with van der Waals surface area (Å²) in [5, 5.41) is 1.28. The maximum Gasteiger partial charge on any atom is 0.245 e. The van der Waals surface area contributed by atoms with E-state index in [1.807, 2.05) is 0 Å². The van der Waals surface area contributed by atoms with Gasteiger partial charge in [-0.1, -0.05) is 90.4 Å². The Balaban J connectivity index is 2.70. The van der Waals surface area contributed by atoms with Crippen molar-refractivity contribution >= 4 is 24.7 Å². The molecular formula is C20H30OSi2. The number of hydrogen-bond acceptors (Lipinski definition) is 1. The highest BCUT2D eigenvalue weighted by Crippen LogP contribution is 2.69. The van der Waals surface area contributed by atoms with Crippen molar-refractivity contribution < 1.29 is 4.12 Å². The lowest BCUT2D eigenvalue weighted by Gasteiger charge is -2.64. The SMILES string of the molecule is CC1=CC(C)([Si](O[Si])c2ccccc2)C(C)(C)C(C)(C)C1(C)C. The highest BCUT2D eigenvalue weighted by molar-refractivity contribution is 6.73. The Morgan fingerprint density at radius 1 is 0.870 bits per heavy atom. The number of rotatable bonds is 3. The molecule has 4 radical (unpaired) electrons. The van der Waals surface area contributed by atoms with Crippen molar-refractivity contribution in [3.8, 4) is 0 Å². The molecule has 1 nitrogen and oxygen atoms in total. The van der Waals surface area contributed by atoms with Crippen molar-refractivity contribution in [3.05, 3.63) is 42.0 Å². The summed E-state index contributed by atoms with van der Waals surface area (Å²) in [5.41, 5.74) is 1.85. The van der Waals surface area contributed by atoms with Crippen LogP contribution in [0.5, 0.6) is 0 Å². The first kappa shape index (κ1) is 18.7. The Labute approximate surface area is 147 Å². The van der Waals surface area contributed by atoms with E-state index >= 15 is 0 Å². The summed E-state index contributed by atoms with van der Waals surface area (Å²) in [4.78, 5) is 0. The smallest absolute Gasteiger partial charge is 0.245 e. The zero-order valence-electron chi connectivity index (χ0n) is 15.9. The fraction of sp³-hybridized carbons (Fsp3) is 0.600. The van der Waals surface area contributed by atoms with Crippen LogP contribution in [-0.2, 0) is 4.12 Å². The van der Waals surface area contributed by atoms with Crippen LogP contribution in [0.1, 0.15) is 55.4 Å². The van der Waals surface area contributed by atoms with Gasteiger partial charge in [0.2, 0.25) is 19.5 Å². The summed E-state index contributed by atoms with van der Waals surface area (Å²) in [6.45, 7) is 19.1. The van der Waals surface area contributed by atoms with E-state index in [4.69, 9.17) is 4.12 Å². The Morgan fingerprint density at radius 2 is 1.39 bits per heavy atom. The highest BCUT2D eigenvalue weighted by atomic mass is 28.3. The van der Waals surface area contributed by atoms with Gasteiger partial charge >= 0.3 is 0 Å². The Bertz CT molecular complexity index is 601. The van der Waals surface area contributed by atoms with E-state index in [1.54, 1.807) is 0 Å². The molecule has 0 saturated carbocycles. The number of hydrogen-bond donors (Lipinski definition) is 0. The molecule has 2 rings (SSSR count). The lowest BCUT2D eigenvalue weighted by molar-refractivity contribution is -0.0330. The van der Waals surface area contributed by atoms with Crippen LogP contribution in [-0.4, -0.2) is 19.5 Å². The molecule has 0 heterocycles. The monoisotopic (exact) mass is 342 g/mol. The van der Waals surface area contributed by atoms with Gasteiger partial charge in [0, 0.05) is 5.04 Å². The first-order valence-electron chi connectivity index (χ1n) is 8.40. The molecule has 1 unspecified atom stereocenters. The average Bonchev–Trinajstić information content (AvgIpc) is 2.47. The minimum absolute atomic E-state index is 0.0239. The molecule has 0 saturated heterocycles. The molecule has 0 aromatic heterocycles. The largest absolute Gasteiger partial charge is 0.453 e. The molecule has 0 N–H and O–H groups in total. The zero-order chi connectivity index (χ0) is 17.7. The van der Waals surface area contributed by atoms with Gasteiger partial charge in [-0.2, -0.15) is 0 Å². The van der Waals surface area contributed by atoms with Crippen molar-refractivity contribution in [1.82, 2.24) is 0 Å². The molecule has 0 fully saturated rings. The molecule has 3 heteroatoms. The summed E-state index contributed by atoms with van der Waals surface area (Å²) in [6, 6.07) is 10.7. The molecule has 124 valence electrons. The van der Waals surface area contributed by atoms with Crippen LogP contribution in [0.25, 0.3) is 0 Å². The Kier molecular flexibility index (Phi) is 4.64. The van der Waals surface area contributed by atoms with E-state index in [1.165, 1.54) is 10.8 Å². The van der Waals surface area contributed by atoms with Gasteiger partial charge in [0.05, 0.1) is 0 Å². The molecule has 0 spiro atoms. The van der Waals surface area contributed by atoms with E-state index in [9.17, 15) is 0 Å². The van der Waals surface area contributed by atoms with Crippen molar-refractivity contribution in [2.75, 3.05) is 0 Å². The summed E-state index contributed by atoms with van der Waals surface area (Å²) in [5.74, 6) is 0. The van der Waals surface area contributed by atoms with E-state index in [-0.39, 0.29) is 21.3 Å². The van der Waals surface area contributed by atoms with Gasteiger partial charge in [0.15, 0.2) is 0 Å². The van der Waals surface area contributed by atoms with Gasteiger partial charge in [-0.3, -0.25) is 0 Å². The zero-order valence-corrected chi connectivity index (χ0v) is 17.9. The Morgan fingerprint density at radius 3 is 1.87 bits per heavy atom.